The first-order chi connectivity index (χ1) is 4.31. The lowest BCUT2D eigenvalue weighted by atomic mass is 10.5. The Kier molecular flexibility index (Phi) is 4.72. The minimum absolute atomic E-state index is 0.295. The second kappa shape index (κ2) is 5.24. The predicted molar refractivity (Wildman–Crippen MR) is 39.7 cm³/mol. The van der Waals surface area contributed by atoms with Crippen molar-refractivity contribution in [3.63, 3.8) is 0 Å². The van der Waals surface area contributed by atoms with Gasteiger partial charge in [0, 0.05) is 13.3 Å². The number of nitrogens with two attached hydrogens (primary N) is 2. The second-order valence-electron chi connectivity index (χ2n) is 1.47. The smallest absolute Gasteiger partial charge is 0.214 e. The second-order valence-corrected chi connectivity index (χ2v) is 1.47. The van der Waals surface area contributed by atoms with E-state index in [4.69, 9.17) is 11.5 Å². The number of aliphatic imine (C=N–C) groups is 2. The fourth-order valence-electron chi connectivity index (χ4n) is 0.290. The van der Waals surface area contributed by atoms with Gasteiger partial charge in [0.1, 0.15) is 0 Å². The minimum atomic E-state index is 0.295. The highest BCUT2D eigenvalue weighted by Crippen LogP contribution is 1.70. The zero-order chi connectivity index (χ0) is 7.11. The maximum atomic E-state index is 5.22. The van der Waals surface area contributed by atoms with E-state index < -0.39 is 0 Å². The van der Waals surface area contributed by atoms with Crippen LogP contribution in [0.3, 0.4) is 0 Å². The van der Waals surface area contributed by atoms with Crippen molar-refractivity contribution >= 4 is 12.2 Å². The van der Waals surface area contributed by atoms with Crippen molar-refractivity contribution in [1.29, 1.82) is 0 Å². The third-order valence-corrected chi connectivity index (χ3v) is 0.748. The molecule has 52 valence electrons. The van der Waals surface area contributed by atoms with Crippen LogP contribution in [-0.4, -0.2) is 25.8 Å². The lowest BCUT2D eigenvalue weighted by Gasteiger charge is -1.86. The van der Waals surface area contributed by atoms with Crippen LogP contribution in [0.4, 0.5) is 0 Å². The summed E-state index contributed by atoms with van der Waals surface area (Å²) >= 11 is 0. The third kappa shape index (κ3) is 4.96. The fourth-order valence-corrected chi connectivity index (χ4v) is 0.290. The summed E-state index contributed by atoms with van der Waals surface area (Å²) in [6, 6.07) is 0. The number of hydrogen-bond acceptors (Lipinski definition) is 2. The van der Waals surface area contributed by atoms with Crippen LogP contribution < -0.4 is 11.5 Å². The molecule has 0 spiro atoms. The van der Waals surface area contributed by atoms with Crippen LogP contribution in [0, 0.1) is 0 Å². The van der Waals surface area contributed by atoms with Gasteiger partial charge in [0.05, 0.1) is 0 Å². The molecule has 0 saturated heterocycles. The maximum absolute atomic E-state index is 5.22. The van der Waals surface area contributed by atoms with Gasteiger partial charge in [-0.25, -0.2) is 4.99 Å². The van der Waals surface area contributed by atoms with Gasteiger partial charge in [-0.1, -0.05) is 0 Å². The molecule has 0 heterocycles. The Morgan fingerprint density at radius 3 is 2.78 bits per heavy atom. The van der Waals surface area contributed by atoms with E-state index in [9.17, 15) is 0 Å². The first-order valence-electron chi connectivity index (χ1n) is 2.76. The standard InChI is InChI=1S/C5H12N4/c1-8-5(7)9-4-2-3-6/h4H,2-3,6H2,1H3,(H2,7,8). The average molecular weight is 128 g/mol. The summed E-state index contributed by atoms with van der Waals surface area (Å²) in [5.41, 5.74) is 10.4. The van der Waals surface area contributed by atoms with E-state index in [0.29, 0.717) is 12.5 Å². The van der Waals surface area contributed by atoms with Crippen LogP contribution in [0.25, 0.3) is 0 Å². The molecular formula is C5H12N4. The lowest BCUT2D eigenvalue weighted by molar-refractivity contribution is 1.06. The molecule has 4 nitrogen and oxygen atoms in total. The lowest BCUT2D eigenvalue weighted by Crippen LogP contribution is -2.08. The van der Waals surface area contributed by atoms with Crippen LogP contribution >= 0.6 is 0 Å². The largest absolute Gasteiger partial charge is 0.368 e. The van der Waals surface area contributed by atoms with E-state index in [0.717, 1.165) is 6.42 Å². The van der Waals surface area contributed by atoms with Gasteiger partial charge in [-0.05, 0) is 13.0 Å². The summed E-state index contributed by atoms with van der Waals surface area (Å²) in [4.78, 5) is 7.37. The molecule has 0 rings (SSSR count). The van der Waals surface area contributed by atoms with Crippen LogP contribution in [0.15, 0.2) is 9.98 Å². The van der Waals surface area contributed by atoms with Gasteiger partial charge in [-0.15, -0.1) is 0 Å². The zero-order valence-corrected chi connectivity index (χ0v) is 5.54. The molecule has 0 saturated carbocycles. The molecule has 0 aliphatic carbocycles. The Bertz CT molecular complexity index is 116. The summed E-state index contributed by atoms with van der Waals surface area (Å²) in [6.07, 6.45) is 2.40. The van der Waals surface area contributed by atoms with Crippen molar-refractivity contribution < 1.29 is 0 Å². The molecule has 0 aromatic rings. The van der Waals surface area contributed by atoms with Crippen LogP contribution in [-0.2, 0) is 0 Å². The molecule has 0 atom stereocenters. The van der Waals surface area contributed by atoms with Gasteiger partial charge >= 0.3 is 0 Å². The molecule has 0 radical (unpaired) electrons. The Hall–Kier alpha value is -0.900. The molecule has 0 aliphatic heterocycles. The molecule has 0 aliphatic rings. The summed E-state index contributed by atoms with van der Waals surface area (Å²) < 4.78 is 0. The van der Waals surface area contributed by atoms with Gasteiger partial charge in [-0.2, -0.15) is 0 Å². The van der Waals surface area contributed by atoms with Crippen molar-refractivity contribution in [1.82, 2.24) is 0 Å². The van der Waals surface area contributed by atoms with Gasteiger partial charge in [0.2, 0.25) is 5.96 Å². The van der Waals surface area contributed by atoms with Gasteiger partial charge in [0.15, 0.2) is 0 Å². The van der Waals surface area contributed by atoms with E-state index in [-0.39, 0.29) is 0 Å². The molecule has 4 N–H and O–H groups in total. The molecule has 9 heavy (non-hydrogen) atoms. The van der Waals surface area contributed by atoms with Crippen molar-refractivity contribution in [2.24, 2.45) is 21.5 Å². The number of nitrogens with zero attached hydrogens (tertiary/aromatic N) is 2. The van der Waals surface area contributed by atoms with Crippen LogP contribution in [0.1, 0.15) is 6.42 Å². The van der Waals surface area contributed by atoms with Gasteiger partial charge in [0.25, 0.3) is 0 Å². The monoisotopic (exact) mass is 128 g/mol. The molecule has 0 aromatic carbocycles. The molecule has 0 unspecified atom stereocenters. The summed E-state index contributed by atoms with van der Waals surface area (Å²) in [7, 11) is 1.59. The Morgan fingerprint density at radius 1 is 1.67 bits per heavy atom. The minimum Gasteiger partial charge on any atom is -0.368 e. The van der Waals surface area contributed by atoms with E-state index in [2.05, 4.69) is 9.98 Å². The molecule has 0 bridgehead atoms. The summed E-state index contributed by atoms with van der Waals surface area (Å²) in [6.45, 7) is 0.598. The summed E-state index contributed by atoms with van der Waals surface area (Å²) in [5, 5.41) is 0. The average Bonchev–Trinajstić information content (AvgIpc) is 1.89. The first kappa shape index (κ1) is 8.10. The van der Waals surface area contributed by atoms with Gasteiger partial charge < -0.3 is 11.5 Å². The van der Waals surface area contributed by atoms with Crippen molar-refractivity contribution in [3.8, 4) is 0 Å². The molecule has 0 amide bonds. The summed E-state index contributed by atoms with van der Waals surface area (Å²) in [5.74, 6) is 0.295. The highest BCUT2D eigenvalue weighted by Gasteiger charge is 1.78. The van der Waals surface area contributed by atoms with Crippen LogP contribution in [0.5, 0.6) is 0 Å². The van der Waals surface area contributed by atoms with Crippen molar-refractivity contribution in [2.75, 3.05) is 13.6 Å². The molecule has 4 heteroatoms. The van der Waals surface area contributed by atoms with Gasteiger partial charge in [-0.3, -0.25) is 4.99 Å². The molecular weight excluding hydrogens is 116 g/mol. The normalized spacial score (nSPS) is 12.9. The maximum Gasteiger partial charge on any atom is 0.214 e. The highest BCUT2D eigenvalue weighted by molar-refractivity contribution is 5.86. The SMILES string of the molecule is CN=C(N)N=CCCN. The number of guanidine groups is 1. The highest BCUT2D eigenvalue weighted by atomic mass is 15.0. The predicted octanol–water partition coefficient (Wildman–Crippen LogP) is -0.649. The van der Waals surface area contributed by atoms with E-state index in [1.165, 1.54) is 0 Å². The van der Waals surface area contributed by atoms with Crippen LogP contribution in [0.2, 0.25) is 0 Å². The van der Waals surface area contributed by atoms with E-state index in [1.807, 2.05) is 0 Å². The topological polar surface area (TPSA) is 76.8 Å². The molecule has 0 fully saturated rings. The third-order valence-electron chi connectivity index (χ3n) is 0.748. The number of rotatable bonds is 2. The first-order valence-corrected chi connectivity index (χ1v) is 2.76. The van der Waals surface area contributed by atoms with Crippen molar-refractivity contribution in [3.05, 3.63) is 0 Å². The quantitative estimate of drug-likeness (QED) is 0.383. The Balaban J connectivity index is 3.45. The Morgan fingerprint density at radius 2 is 2.33 bits per heavy atom. The van der Waals surface area contributed by atoms with E-state index in [1.54, 1.807) is 13.3 Å². The number of hydrogen-bond donors (Lipinski definition) is 2. The van der Waals surface area contributed by atoms with Crippen molar-refractivity contribution in [2.45, 2.75) is 6.42 Å². The van der Waals surface area contributed by atoms with E-state index >= 15 is 0 Å². The zero-order valence-electron chi connectivity index (χ0n) is 5.54. The fraction of sp³-hybridized carbons (Fsp3) is 0.600. The molecule has 0 aromatic heterocycles. The Labute approximate surface area is 54.7 Å².